The monoisotopic (exact) mass is 231 g/mol. The minimum Gasteiger partial charge on any atom is -0.443 e. The average molecular weight is 231 g/mol. The standard InChI is InChI=1S/C10H8F3NO2/c11-7-3-1-2-6(4-7)8-10(12,13)5-16-9(15)14-8/h1-4,8H,5H2,(H,14,15)/t8-/m1/s1. The first-order chi connectivity index (χ1) is 7.49. The van der Waals surface area contributed by atoms with Crippen LogP contribution in [0.2, 0.25) is 0 Å². The molecule has 1 aliphatic rings. The Labute approximate surface area is 89.2 Å². The molecular weight excluding hydrogens is 223 g/mol. The maximum Gasteiger partial charge on any atom is 0.408 e. The second kappa shape index (κ2) is 3.70. The first kappa shape index (κ1) is 10.8. The molecule has 1 N–H and O–H groups in total. The Morgan fingerprint density at radius 1 is 1.44 bits per heavy atom. The molecule has 1 saturated heterocycles. The molecule has 86 valence electrons. The number of alkyl carbamates (subject to hydrolysis) is 1. The minimum atomic E-state index is -3.25. The molecule has 1 aromatic carbocycles. The maximum absolute atomic E-state index is 13.4. The SMILES string of the molecule is O=C1N[C@H](c2cccc(F)c2)C(F)(F)CO1. The highest BCUT2D eigenvalue weighted by Gasteiger charge is 2.46. The van der Waals surface area contributed by atoms with Crippen LogP contribution in [-0.4, -0.2) is 18.6 Å². The second-order valence-corrected chi connectivity index (χ2v) is 3.47. The van der Waals surface area contributed by atoms with Crippen LogP contribution in [0.4, 0.5) is 18.0 Å². The molecule has 0 bridgehead atoms. The fourth-order valence-electron chi connectivity index (χ4n) is 1.52. The summed E-state index contributed by atoms with van der Waals surface area (Å²) in [6.07, 6.45) is -0.930. The number of alkyl halides is 2. The van der Waals surface area contributed by atoms with Gasteiger partial charge in [-0.3, -0.25) is 0 Å². The Balaban J connectivity index is 2.33. The smallest absolute Gasteiger partial charge is 0.408 e. The molecule has 0 radical (unpaired) electrons. The van der Waals surface area contributed by atoms with Crippen molar-refractivity contribution in [3.05, 3.63) is 35.6 Å². The number of nitrogens with one attached hydrogen (secondary N) is 1. The van der Waals surface area contributed by atoms with Gasteiger partial charge in [0.05, 0.1) is 0 Å². The molecule has 0 saturated carbocycles. The Morgan fingerprint density at radius 2 is 2.19 bits per heavy atom. The second-order valence-electron chi connectivity index (χ2n) is 3.47. The quantitative estimate of drug-likeness (QED) is 0.804. The van der Waals surface area contributed by atoms with Crippen LogP contribution in [0.25, 0.3) is 0 Å². The summed E-state index contributed by atoms with van der Waals surface area (Å²) in [5.74, 6) is -3.88. The van der Waals surface area contributed by atoms with E-state index in [9.17, 15) is 18.0 Å². The number of halogens is 3. The van der Waals surface area contributed by atoms with Crippen molar-refractivity contribution in [3.63, 3.8) is 0 Å². The van der Waals surface area contributed by atoms with Crippen molar-refractivity contribution in [2.45, 2.75) is 12.0 Å². The summed E-state index contributed by atoms with van der Waals surface area (Å²) in [4.78, 5) is 10.9. The summed E-state index contributed by atoms with van der Waals surface area (Å²) in [5, 5.41) is 1.97. The molecule has 1 atom stereocenters. The summed E-state index contributed by atoms with van der Waals surface area (Å²) < 4.78 is 43.9. The summed E-state index contributed by atoms with van der Waals surface area (Å²) in [7, 11) is 0. The van der Waals surface area contributed by atoms with Gasteiger partial charge in [0.2, 0.25) is 0 Å². The predicted octanol–water partition coefficient (Wildman–Crippen LogP) is 2.24. The normalized spacial score (nSPS) is 23.4. The Kier molecular flexibility index (Phi) is 2.49. The molecule has 3 nitrogen and oxygen atoms in total. The Morgan fingerprint density at radius 3 is 2.88 bits per heavy atom. The van der Waals surface area contributed by atoms with E-state index in [2.05, 4.69) is 4.74 Å². The van der Waals surface area contributed by atoms with E-state index >= 15 is 0 Å². The van der Waals surface area contributed by atoms with Crippen molar-refractivity contribution >= 4 is 6.09 Å². The van der Waals surface area contributed by atoms with Crippen molar-refractivity contribution in [2.75, 3.05) is 6.61 Å². The number of hydrogen-bond donors (Lipinski definition) is 1. The van der Waals surface area contributed by atoms with Crippen molar-refractivity contribution in [3.8, 4) is 0 Å². The van der Waals surface area contributed by atoms with Crippen molar-refractivity contribution in [2.24, 2.45) is 0 Å². The molecule has 1 heterocycles. The van der Waals surface area contributed by atoms with Crippen molar-refractivity contribution in [1.29, 1.82) is 0 Å². The summed E-state index contributed by atoms with van der Waals surface area (Å²) in [5.41, 5.74) is 0.0154. The van der Waals surface area contributed by atoms with E-state index in [-0.39, 0.29) is 5.56 Å². The van der Waals surface area contributed by atoms with Crippen LogP contribution in [0.1, 0.15) is 11.6 Å². The summed E-state index contributed by atoms with van der Waals surface area (Å²) in [6, 6.07) is 3.19. The lowest BCUT2D eigenvalue weighted by atomic mass is 10.0. The van der Waals surface area contributed by atoms with Gasteiger partial charge in [-0.05, 0) is 17.7 Å². The number of carbonyl (C=O) groups is 1. The van der Waals surface area contributed by atoms with Gasteiger partial charge in [-0.15, -0.1) is 0 Å². The van der Waals surface area contributed by atoms with Crippen LogP contribution in [0, 0.1) is 5.82 Å². The molecule has 1 amide bonds. The van der Waals surface area contributed by atoms with Gasteiger partial charge in [0, 0.05) is 0 Å². The zero-order valence-corrected chi connectivity index (χ0v) is 8.04. The van der Waals surface area contributed by atoms with E-state index in [1.54, 1.807) is 0 Å². The first-order valence-electron chi connectivity index (χ1n) is 4.55. The number of hydrogen-bond acceptors (Lipinski definition) is 2. The van der Waals surface area contributed by atoms with E-state index in [0.29, 0.717) is 0 Å². The number of ether oxygens (including phenoxy) is 1. The van der Waals surface area contributed by atoms with Crippen LogP contribution in [0.15, 0.2) is 24.3 Å². The molecule has 6 heteroatoms. The molecule has 0 aromatic heterocycles. The van der Waals surface area contributed by atoms with Crippen molar-refractivity contribution in [1.82, 2.24) is 5.32 Å². The number of carbonyl (C=O) groups excluding carboxylic acids is 1. The zero-order chi connectivity index (χ0) is 11.8. The fraction of sp³-hybridized carbons (Fsp3) is 0.300. The molecule has 1 fully saturated rings. The molecule has 1 aliphatic heterocycles. The molecule has 0 spiro atoms. The van der Waals surface area contributed by atoms with Crippen LogP contribution in [0.3, 0.4) is 0 Å². The van der Waals surface area contributed by atoms with Crippen molar-refractivity contribution < 1.29 is 22.7 Å². The highest BCUT2D eigenvalue weighted by atomic mass is 19.3. The van der Waals surface area contributed by atoms with Gasteiger partial charge in [-0.1, -0.05) is 12.1 Å². The molecule has 16 heavy (non-hydrogen) atoms. The maximum atomic E-state index is 13.4. The predicted molar refractivity (Wildman–Crippen MR) is 48.6 cm³/mol. The minimum absolute atomic E-state index is 0.0154. The van der Waals surface area contributed by atoms with Crippen LogP contribution in [0.5, 0.6) is 0 Å². The van der Waals surface area contributed by atoms with Crippen LogP contribution < -0.4 is 5.32 Å². The largest absolute Gasteiger partial charge is 0.443 e. The molecule has 0 unspecified atom stereocenters. The van der Waals surface area contributed by atoms with Gasteiger partial charge in [-0.2, -0.15) is 0 Å². The lowest BCUT2D eigenvalue weighted by Crippen LogP contribution is -2.49. The molecule has 0 aliphatic carbocycles. The number of cyclic esters (lactones) is 1. The van der Waals surface area contributed by atoms with Crippen LogP contribution >= 0.6 is 0 Å². The highest BCUT2D eigenvalue weighted by Crippen LogP contribution is 2.34. The first-order valence-corrected chi connectivity index (χ1v) is 4.55. The fourth-order valence-corrected chi connectivity index (χ4v) is 1.52. The van der Waals surface area contributed by atoms with E-state index in [0.717, 1.165) is 12.1 Å². The van der Waals surface area contributed by atoms with Gasteiger partial charge in [0.15, 0.2) is 6.61 Å². The average Bonchev–Trinajstić information content (AvgIpc) is 2.22. The third-order valence-electron chi connectivity index (χ3n) is 2.26. The summed E-state index contributed by atoms with van der Waals surface area (Å²) in [6.45, 7) is -1.000. The lowest BCUT2D eigenvalue weighted by Gasteiger charge is -2.31. The zero-order valence-electron chi connectivity index (χ0n) is 8.04. The molecule has 1 aromatic rings. The van der Waals surface area contributed by atoms with E-state index in [1.165, 1.54) is 12.1 Å². The van der Waals surface area contributed by atoms with E-state index in [1.807, 2.05) is 5.32 Å². The third kappa shape index (κ3) is 1.95. The molecular formula is C10H8F3NO2. The Hall–Kier alpha value is -1.72. The highest BCUT2D eigenvalue weighted by molar-refractivity contribution is 5.69. The van der Waals surface area contributed by atoms with Gasteiger partial charge < -0.3 is 10.1 Å². The van der Waals surface area contributed by atoms with Gasteiger partial charge >= 0.3 is 12.0 Å². The van der Waals surface area contributed by atoms with Gasteiger partial charge in [0.25, 0.3) is 0 Å². The van der Waals surface area contributed by atoms with Crippen LogP contribution in [-0.2, 0) is 4.74 Å². The lowest BCUT2D eigenvalue weighted by molar-refractivity contribution is -0.104. The summed E-state index contributed by atoms with van der Waals surface area (Å²) >= 11 is 0. The third-order valence-corrected chi connectivity index (χ3v) is 2.26. The topological polar surface area (TPSA) is 38.3 Å². The molecule has 2 rings (SSSR count). The number of rotatable bonds is 1. The van der Waals surface area contributed by atoms with Gasteiger partial charge in [-0.25, -0.2) is 18.0 Å². The van der Waals surface area contributed by atoms with Gasteiger partial charge in [0.1, 0.15) is 11.9 Å². The number of amides is 1. The number of benzene rings is 1. The Bertz CT molecular complexity index is 422. The van der Waals surface area contributed by atoms with E-state index < -0.39 is 30.5 Å². The van der Waals surface area contributed by atoms with E-state index in [4.69, 9.17) is 0 Å².